The van der Waals surface area contributed by atoms with Crippen LogP contribution in [0.15, 0.2) is 48.5 Å². The van der Waals surface area contributed by atoms with Crippen LogP contribution < -0.4 is 10.2 Å². The van der Waals surface area contributed by atoms with Crippen molar-refractivity contribution in [3.8, 4) is 0 Å². The van der Waals surface area contributed by atoms with Crippen molar-refractivity contribution in [3.05, 3.63) is 64.7 Å². The molecule has 2 nitrogen and oxygen atoms in total. The molecule has 110 valence electrons. The lowest BCUT2D eigenvalue weighted by molar-refractivity contribution is 0.422. The average molecular weight is 301 g/mol. The Labute approximate surface area is 131 Å². The van der Waals surface area contributed by atoms with Crippen molar-refractivity contribution in [1.29, 1.82) is 0 Å². The predicted octanol–water partition coefficient (Wildman–Crippen LogP) is 4.19. The van der Waals surface area contributed by atoms with Crippen LogP contribution in [-0.2, 0) is 0 Å². The minimum absolute atomic E-state index is 0.341. The molecule has 1 heterocycles. The summed E-state index contributed by atoms with van der Waals surface area (Å²) < 4.78 is 0. The lowest BCUT2D eigenvalue weighted by atomic mass is 9.99. The van der Waals surface area contributed by atoms with Gasteiger partial charge >= 0.3 is 0 Å². The normalized spacial score (nSPS) is 22.3. The van der Waals surface area contributed by atoms with Gasteiger partial charge in [0.1, 0.15) is 0 Å². The maximum absolute atomic E-state index is 6.02. The number of halogens is 1. The van der Waals surface area contributed by atoms with Crippen LogP contribution in [0.2, 0.25) is 5.02 Å². The van der Waals surface area contributed by atoms with Crippen LogP contribution in [0, 0.1) is 6.92 Å². The van der Waals surface area contributed by atoms with Gasteiger partial charge in [-0.25, -0.2) is 0 Å². The largest absolute Gasteiger partial charge is 0.359 e. The minimum atomic E-state index is 0.341. The number of anilines is 1. The maximum Gasteiger partial charge on any atom is 0.0670 e. The lowest BCUT2D eigenvalue weighted by Gasteiger charge is -2.43. The molecule has 0 spiro atoms. The highest BCUT2D eigenvalue weighted by Crippen LogP contribution is 2.31. The molecule has 1 aliphatic rings. The van der Waals surface area contributed by atoms with E-state index in [0.29, 0.717) is 12.1 Å². The van der Waals surface area contributed by atoms with Crippen LogP contribution in [0.4, 0.5) is 5.69 Å². The zero-order valence-electron chi connectivity index (χ0n) is 12.5. The molecule has 1 N–H and O–H groups in total. The Morgan fingerprint density at radius 2 is 1.67 bits per heavy atom. The molecule has 3 heteroatoms. The van der Waals surface area contributed by atoms with Gasteiger partial charge in [-0.15, -0.1) is 0 Å². The second-order valence-electron chi connectivity index (χ2n) is 5.82. The van der Waals surface area contributed by atoms with E-state index >= 15 is 0 Å². The predicted molar refractivity (Wildman–Crippen MR) is 90.2 cm³/mol. The topological polar surface area (TPSA) is 15.3 Å². The van der Waals surface area contributed by atoms with Gasteiger partial charge in [-0.2, -0.15) is 0 Å². The summed E-state index contributed by atoms with van der Waals surface area (Å²) in [4.78, 5) is 2.51. The fourth-order valence-corrected chi connectivity index (χ4v) is 3.17. The Morgan fingerprint density at radius 3 is 2.33 bits per heavy atom. The van der Waals surface area contributed by atoms with Gasteiger partial charge in [0.05, 0.1) is 6.04 Å². The van der Waals surface area contributed by atoms with E-state index in [4.69, 9.17) is 11.6 Å². The first kappa shape index (κ1) is 14.4. The van der Waals surface area contributed by atoms with Crippen LogP contribution in [0.3, 0.4) is 0 Å². The van der Waals surface area contributed by atoms with Crippen molar-refractivity contribution >= 4 is 17.3 Å². The van der Waals surface area contributed by atoms with E-state index in [2.05, 4.69) is 60.5 Å². The molecule has 0 amide bonds. The molecular weight excluding hydrogens is 280 g/mol. The fraction of sp³-hybridized carbons (Fsp3) is 0.333. The number of benzene rings is 2. The van der Waals surface area contributed by atoms with Crippen molar-refractivity contribution in [2.24, 2.45) is 0 Å². The van der Waals surface area contributed by atoms with E-state index in [-0.39, 0.29) is 0 Å². The molecular formula is C18H21ClN2. The maximum atomic E-state index is 6.02. The van der Waals surface area contributed by atoms with Gasteiger partial charge < -0.3 is 10.2 Å². The summed E-state index contributed by atoms with van der Waals surface area (Å²) in [6.07, 6.45) is 0. The van der Waals surface area contributed by atoms with Gasteiger partial charge in [0, 0.05) is 29.8 Å². The number of rotatable bonds is 2. The number of nitrogens with zero attached hydrogens (tertiary/aromatic N) is 1. The second kappa shape index (κ2) is 6.08. The first-order chi connectivity index (χ1) is 10.1. The quantitative estimate of drug-likeness (QED) is 0.895. The van der Waals surface area contributed by atoms with Crippen LogP contribution in [-0.4, -0.2) is 19.1 Å². The Morgan fingerprint density at radius 1 is 1.00 bits per heavy atom. The van der Waals surface area contributed by atoms with Gasteiger partial charge in [0.2, 0.25) is 0 Å². The van der Waals surface area contributed by atoms with Crippen molar-refractivity contribution in [2.75, 3.05) is 18.0 Å². The molecule has 3 rings (SSSR count). The van der Waals surface area contributed by atoms with Crippen LogP contribution >= 0.6 is 11.6 Å². The van der Waals surface area contributed by atoms with Gasteiger partial charge in [-0.3, -0.25) is 0 Å². The average Bonchev–Trinajstić information content (AvgIpc) is 2.49. The van der Waals surface area contributed by atoms with Gasteiger partial charge in [-0.05, 0) is 43.7 Å². The van der Waals surface area contributed by atoms with Gasteiger partial charge in [-0.1, -0.05) is 41.4 Å². The molecule has 1 aliphatic heterocycles. The van der Waals surface area contributed by atoms with Gasteiger partial charge in [0.25, 0.3) is 0 Å². The highest BCUT2D eigenvalue weighted by molar-refractivity contribution is 6.30. The second-order valence-corrected chi connectivity index (χ2v) is 6.25. The molecule has 0 unspecified atom stereocenters. The first-order valence-corrected chi connectivity index (χ1v) is 7.84. The van der Waals surface area contributed by atoms with E-state index < -0.39 is 0 Å². The highest BCUT2D eigenvalue weighted by Gasteiger charge is 2.28. The molecule has 2 aromatic carbocycles. The fourth-order valence-electron chi connectivity index (χ4n) is 3.05. The van der Waals surface area contributed by atoms with E-state index in [9.17, 15) is 0 Å². The Kier molecular flexibility index (Phi) is 4.18. The van der Waals surface area contributed by atoms with E-state index in [0.717, 1.165) is 18.1 Å². The number of piperazine rings is 1. The van der Waals surface area contributed by atoms with E-state index in [1.165, 1.54) is 16.8 Å². The van der Waals surface area contributed by atoms with Crippen molar-refractivity contribution in [1.82, 2.24) is 5.32 Å². The SMILES string of the molecule is Cc1ccc(N2[C@H](C)CNC[C@H]2c2ccc(Cl)cc2)cc1. The summed E-state index contributed by atoms with van der Waals surface area (Å²) in [5.41, 5.74) is 3.89. The molecule has 0 bridgehead atoms. The summed E-state index contributed by atoms with van der Waals surface area (Å²) in [5, 5.41) is 4.32. The highest BCUT2D eigenvalue weighted by atomic mass is 35.5. The summed E-state index contributed by atoms with van der Waals surface area (Å²) in [7, 11) is 0. The third-order valence-electron chi connectivity index (χ3n) is 4.17. The molecule has 0 saturated carbocycles. The van der Waals surface area contributed by atoms with Crippen molar-refractivity contribution in [3.63, 3.8) is 0 Å². The summed E-state index contributed by atoms with van der Waals surface area (Å²) in [6.45, 7) is 6.37. The first-order valence-electron chi connectivity index (χ1n) is 7.46. The van der Waals surface area contributed by atoms with Crippen LogP contribution in [0.25, 0.3) is 0 Å². The zero-order valence-corrected chi connectivity index (χ0v) is 13.3. The zero-order chi connectivity index (χ0) is 14.8. The molecule has 0 aliphatic carbocycles. The molecule has 1 saturated heterocycles. The van der Waals surface area contributed by atoms with E-state index in [1.807, 2.05) is 12.1 Å². The van der Waals surface area contributed by atoms with E-state index in [1.54, 1.807) is 0 Å². The molecule has 2 atom stereocenters. The van der Waals surface area contributed by atoms with Crippen LogP contribution in [0.1, 0.15) is 24.1 Å². The van der Waals surface area contributed by atoms with Crippen molar-refractivity contribution < 1.29 is 0 Å². The Bertz CT molecular complexity index is 592. The van der Waals surface area contributed by atoms with Gasteiger partial charge in [0.15, 0.2) is 0 Å². The standard InChI is InChI=1S/C18H21ClN2/c1-13-3-9-17(10-4-13)21-14(2)11-20-12-18(21)15-5-7-16(19)8-6-15/h3-10,14,18,20H,11-12H2,1-2H3/t14-,18+/m1/s1. The van der Waals surface area contributed by atoms with Crippen LogP contribution in [0.5, 0.6) is 0 Å². The summed E-state index contributed by atoms with van der Waals surface area (Å²) >= 11 is 6.02. The number of nitrogens with one attached hydrogen (secondary N) is 1. The third-order valence-corrected chi connectivity index (χ3v) is 4.43. The summed E-state index contributed by atoms with van der Waals surface area (Å²) in [6, 6.07) is 17.8. The monoisotopic (exact) mass is 300 g/mol. The summed E-state index contributed by atoms with van der Waals surface area (Å²) in [5.74, 6) is 0. The minimum Gasteiger partial charge on any atom is -0.359 e. The smallest absolute Gasteiger partial charge is 0.0670 e. The molecule has 0 aromatic heterocycles. The Balaban J connectivity index is 1.96. The Hall–Kier alpha value is -1.51. The third kappa shape index (κ3) is 3.07. The lowest BCUT2D eigenvalue weighted by Crippen LogP contribution is -2.51. The number of aryl methyl sites for hydroxylation is 1. The molecule has 21 heavy (non-hydrogen) atoms. The number of hydrogen-bond donors (Lipinski definition) is 1. The van der Waals surface area contributed by atoms with Crippen molar-refractivity contribution in [2.45, 2.75) is 25.9 Å². The molecule has 1 fully saturated rings. The number of hydrogen-bond acceptors (Lipinski definition) is 2. The molecule has 2 aromatic rings. The molecule has 0 radical (unpaired) electrons.